The van der Waals surface area contributed by atoms with Crippen molar-refractivity contribution in [1.82, 2.24) is 15.1 Å². The first-order chi connectivity index (χ1) is 14.2. The molecule has 160 valence electrons. The van der Waals surface area contributed by atoms with E-state index in [0.29, 0.717) is 29.9 Å². The number of aromatic amines is 1. The number of carbonyl (C=O) groups excluding carboxylic acids is 1. The Bertz CT molecular complexity index is 1070. The van der Waals surface area contributed by atoms with Crippen molar-refractivity contribution in [3.8, 4) is 11.3 Å². The highest BCUT2D eigenvalue weighted by atomic mass is 16.6. The van der Waals surface area contributed by atoms with Crippen LogP contribution in [0.3, 0.4) is 0 Å². The fraction of sp³-hybridized carbons (Fsp3) is 0.409. The van der Waals surface area contributed by atoms with Crippen molar-refractivity contribution >= 4 is 22.7 Å². The summed E-state index contributed by atoms with van der Waals surface area (Å²) in [6.07, 6.45) is 1.24. The Balaban J connectivity index is 1.76. The number of ether oxygens (including phenoxy) is 1. The second-order valence-corrected chi connectivity index (χ2v) is 8.12. The molecule has 0 radical (unpaired) electrons. The molecule has 0 saturated carbocycles. The van der Waals surface area contributed by atoms with Gasteiger partial charge in [-0.15, -0.1) is 0 Å². The van der Waals surface area contributed by atoms with Gasteiger partial charge < -0.3 is 19.0 Å². The number of nitrogens with one attached hydrogen (secondary N) is 1. The lowest BCUT2D eigenvalue weighted by molar-refractivity contribution is 0.0303. The quantitative estimate of drug-likeness (QED) is 0.618. The van der Waals surface area contributed by atoms with Crippen LogP contribution in [-0.2, 0) is 4.74 Å². The van der Waals surface area contributed by atoms with Gasteiger partial charge in [0.15, 0.2) is 0 Å². The number of anilines is 1. The lowest BCUT2D eigenvalue weighted by atomic mass is 10.1. The highest BCUT2D eigenvalue weighted by Gasteiger charge is 2.20. The average molecular weight is 412 g/mol. The third kappa shape index (κ3) is 5.00. The second-order valence-electron chi connectivity index (χ2n) is 8.12. The largest absolute Gasteiger partial charge is 0.444 e. The molecule has 1 aromatic carbocycles. The van der Waals surface area contributed by atoms with Crippen molar-refractivity contribution in [3.63, 3.8) is 0 Å². The second kappa shape index (κ2) is 8.61. The summed E-state index contributed by atoms with van der Waals surface area (Å²) in [5.74, 6) is 0. The first-order valence-electron chi connectivity index (χ1n) is 9.94. The molecule has 30 heavy (non-hydrogen) atoms. The van der Waals surface area contributed by atoms with Crippen molar-refractivity contribution in [2.45, 2.75) is 33.3 Å². The molecule has 8 nitrogen and oxygen atoms in total. The van der Waals surface area contributed by atoms with E-state index in [1.165, 1.54) is 0 Å². The number of H-pyrrole nitrogens is 1. The summed E-state index contributed by atoms with van der Waals surface area (Å²) >= 11 is 0. The highest BCUT2D eigenvalue weighted by molar-refractivity contribution is 5.84. The maximum atomic E-state index is 12.4. The van der Waals surface area contributed by atoms with Crippen molar-refractivity contribution in [2.75, 3.05) is 31.6 Å². The summed E-state index contributed by atoms with van der Waals surface area (Å²) in [7, 11) is 1.72. The van der Waals surface area contributed by atoms with Gasteiger partial charge in [0.05, 0.1) is 11.3 Å². The van der Waals surface area contributed by atoms with E-state index >= 15 is 0 Å². The Kier molecular flexibility index (Phi) is 6.14. The molecular formula is C22H28N4O4. The Morgan fingerprint density at radius 1 is 1.20 bits per heavy atom. The molecule has 0 bridgehead atoms. The summed E-state index contributed by atoms with van der Waals surface area (Å²) in [5.41, 5.74) is 1.55. The third-order valence-electron chi connectivity index (χ3n) is 4.67. The molecule has 1 N–H and O–H groups in total. The molecule has 0 saturated heterocycles. The number of benzene rings is 1. The summed E-state index contributed by atoms with van der Waals surface area (Å²) < 4.78 is 11.0. The summed E-state index contributed by atoms with van der Waals surface area (Å²) in [6.45, 7) is 9.43. The molecule has 1 amide bonds. The van der Waals surface area contributed by atoms with E-state index in [0.717, 1.165) is 17.6 Å². The minimum Gasteiger partial charge on any atom is -0.444 e. The van der Waals surface area contributed by atoms with Crippen LogP contribution in [0.4, 0.5) is 10.5 Å². The fourth-order valence-electron chi connectivity index (χ4n) is 3.06. The standard InChI is InChI=1S/C22H28N4O4/c1-6-26(12-11-25(5)21(28)30-22(2,3)4)16-8-7-15-13-17(18-9-10-23-24-18)20(27)29-19(15)14-16/h7-10,13-14H,6,11-12H2,1-5H3,(H,23,24). The van der Waals surface area contributed by atoms with Crippen molar-refractivity contribution in [1.29, 1.82) is 0 Å². The van der Waals surface area contributed by atoms with Crippen molar-refractivity contribution in [3.05, 3.63) is 46.9 Å². The molecule has 2 aromatic heterocycles. The van der Waals surface area contributed by atoms with E-state index in [1.54, 1.807) is 30.3 Å². The zero-order valence-corrected chi connectivity index (χ0v) is 18.1. The lowest BCUT2D eigenvalue weighted by Crippen LogP contribution is -2.39. The lowest BCUT2D eigenvalue weighted by Gasteiger charge is -2.28. The number of amides is 1. The maximum absolute atomic E-state index is 12.4. The van der Waals surface area contributed by atoms with Gasteiger partial charge >= 0.3 is 11.7 Å². The Hall–Kier alpha value is -3.29. The molecule has 0 aliphatic carbocycles. The smallest absolute Gasteiger partial charge is 0.410 e. The predicted molar refractivity (Wildman–Crippen MR) is 117 cm³/mol. The number of likely N-dealkylation sites (N-methyl/N-ethyl adjacent to an activating group) is 2. The van der Waals surface area contributed by atoms with Crippen LogP contribution in [0.1, 0.15) is 27.7 Å². The van der Waals surface area contributed by atoms with Crippen LogP contribution in [0.15, 0.2) is 45.7 Å². The molecular weight excluding hydrogens is 384 g/mol. The number of carbonyl (C=O) groups is 1. The van der Waals surface area contributed by atoms with Gasteiger partial charge in [-0.1, -0.05) is 0 Å². The molecule has 0 aliphatic rings. The predicted octanol–water partition coefficient (Wildman–Crippen LogP) is 3.88. The van der Waals surface area contributed by atoms with Crippen molar-refractivity contribution < 1.29 is 13.9 Å². The monoisotopic (exact) mass is 412 g/mol. The Labute approximate surface area is 175 Å². The normalized spacial score (nSPS) is 11.5. The first-order valence-corrected chi connectivity index (χ1v) is 9.94. The molecule has 8 heteroatoms. The molecule has 2 heterocycles. The van der Waals surface area contributed by atoms with Gasteiger partial charge in [-0.05, 0) is 52.0 Å². The van der Waals surface area contributed by atoms with Crippen molar-refractivity contribution in [2.24, 2.45) is 0 Å². The summed E-state index contributed by atoms with van der Waals surface area (Å²) in [5, 5.41) is 7.50. The van der Waals surface area contributed by atoms with Gasteiger partial charge in [0.25, 0.3) is 0 Å². The van der Waals surface area contributed by atoms with Gasteiger partial charge in [0, 0.05) is 50.0 Å². The molecule has 0 spiro atoms. The molecule has 0 atom stereocenters. The first kappa shape index (κ1) is 21.4. The van der Waals surface area contributed by atoms with Crippen LogP contribution in [0.2, 0.25) is 0 Å². The molecule has 0 fully saturated rings. The molecule has 3 aromatic rings. The van der Waals surface area contributed by atoms with Gasteiger partial charge in [-0.25, -0.2) is 9.59 Å². The van der Waals surface area contributed by atoms with Gasteiger partial charge in [-0.3, -0.25) is 5.10 Å². The Morgan fingerprint density at radius 3 is 2.60 bits per heavy atom. The van der Waals surface area contributed by atoms with Crippen LogP contribution in [0, 0.1) is 0 Å². The van der Waals surface area contributed by atoms with E-state index in [9.17, 15) is 9.59 Å². The number of hydrogen-bond acceptors (Lipinski definition) is 6. The number of rotatable bonds is 6. The molecule has 3 rings (SSSR count). The number of hydrogen-bond donors (Lipinski definition) is 1. The van der Waals surface area contributed by atoms with Gasteiger partial charge in [0.2, 0.25) is 0 Å². The van der Waals surface area contributed by atoms with E-state index in [4.69, 9.17) is 9.15 Å². The number of fused-ring (bicyclic) bond motifs is 1. The van der Waals surface area contributed by atoms with Crippen LogP contribution in [0.25, 0.3) is 22.2 Å². The summed E-state index contributed by atoms with van der Waals surface area (Å²) in [6, 6.07) is 9.28. The van der Waals surface area contributed by atoms with E-state index in [2.05, 4.69) is 15.1 Å². The van der Waals surface area contributed by atoms with E-state index in [1.807, 2.05) is 45.9 Å². The Morgan fingerprint density at radius 2 is 1.97 bits per heavy atom. The third-order valence-corrected chi connectivity index (χ3v) is 4.67. The molecule has 0 unspecified atom stereocenters. The zero-order chi connectivity index (χ0) is 21.9. The highest BCUT2D eigenvalue weighted by Crippen LogP contribution is 2.24. The maximum Gasteiger partial charge on any atom is 0.410 e. The minimum atomic E-state index is -0.527. The van der Waals surface area contributed by atoms with Crippen LogP contribution < -0.4 is 10.5 Å². The van der Waals surface area contributed by atoms with E-state index < -0.39 is 11.2 Å². The summed E-state index contributed by atoms with van der Waals surface area (Å²) in [4.78, 5) is 28.2. The average Bonchev–Trinajstić information content (AvgIpc) is 3.20. The van der Waals surface area contributed by atoms with Gasteiger partial charge in [0.1, 0.15) is 11.2 Å². The molecule has 0 aliphatic heterocycles. The SMILES string of the molecule is CCN(CCN(C)C(=O)OC(C)(C)C)c1ccc2cc(-c3ccn[nH]3)c(=O)oc2c1. The van der Waals surface area contributed by atoms with E-state index in [-0.39, 0.29) is 6.09 Å². The minimum absolute atomic E-state index is 0.352. The van der Waals surface area contributed by atoms with Crippen LogP contribution >= 0.6 is 0 Å². The topological polar surface area (TPSA) is 91.7 Å². The van der Waals surface area contributed by atoms with Crippen LogP contribution in [-0.4, -0.2) is 53.5 Å². The van der Waals surface area contributed by atoms with Crippen LogP contribution in [0.5, 0.6) is 0 Å². The number of nitrogens with zero attached hydrogens (tertiary/aromatic N) is 3. The fourth-order valence-corrected chi connectivity index (χ4v) is 3.06. The number of aromatic nitrogens is 2. The van der Waals surface area contributed by atoms with Gasteiger partial charge in [-0.2, -0.15) is 5.10 Å². The zero-order valence-electron chi connectivity index (χ0n) is 18.1.